The van der Waals surface area contributed by atoms with E-state index in [1.165, 1.54) is 10.8 Å². The SMILES string of the molecule is [C-]#[N+]c1ccc(-n2c3ccc(-n4c5ccccc5c5ccccc54)cc3c3c4ccccc4ccc32)c(C#N)c1-n1c2ccc(C)cc2c2cc(C)ccc21. The van der Waals surface area contributed by atoms with Crippen molar-refractivity contribution in [2.24, 2.45) is 0 Å². The zero-order valence-electron chi connectivity index (χ0n) is 30.2. The Morgan fingerprint density at radius 2 is 1.05 bits per heavy atom. The summed E-state index contributed by atoms with van der Waals surface area (Å²) in [5.41, 5.74) is 11.8. The van der Waals surface area contributed by atoms with E-state index in [0.717, 1.165) is 87.9 Å². The second-order valence-corrected chi connectivity index (χ2v) is 14.5. The highest BCUT2D eigenvalue weighted by atomic mass is 15.0. The van der Waals surface area contributed by atoms with Gasteiger partial charge in [-0.1, -0.05) is 96.1 Å². The molecule has 0 fully saturated rings. The second-order valence-electron chi connectivity index (χ2n) is 14.5. The minimum absolute atomic E-state index is 0.431. The molecule has 0 unspecified atom stereocenters. The normalized spacial score (nSPS) is 11.8. The number of benzene rings is 8. The molecule has 0 N–H and O–H groups in total. The highest BCUT2D eigenvalue weighted by Crippen LogP contribution is 2.44. The van der Waals surface area contributed by atoms with Crippen LogP contribution in [0.2, 0.25) is 0 Å². The van der Waals surface area contributed by atoms with Gasteiger partial charge in [-0.15, -0.1) is 0 Å². The molecule has 0 saturated heterocycles. The van der Waals surface area contributed by atoms with Crippen LogP contribution in [0.4, 0.5) is 5.69 Å². The van der Waals surface area contributed by atoms with Gasteiger partial charge >= 0.3 is 0 Å². The molecular weight excluding hydrogens is 671 g/mol. The van der Waals surface area contributed by atoms with Crippen molar-refractivity contribution in [3.05, 3.63) is 180 Å². The van der Waals surface area contributed by atoms with Crippen molar-refractivity contribution in [3.63, 3.8) is 0 Å². The molecule has 0 amide bonds. The van der Waals surface area contributed by atoms with Crippen LogP contribution >= 0.6 is 0 Å². The maximum Gasteiger partial charge on any atom is 0.212 e. The largest absolute Gasteiger partial charge is 0.318 e. The summed E-state index contributed by atoms with van der Waals surface area (Å²) >= 11 is 0. The summed E-state index contributed by atoms with van der Waals surface area (Å²) in [5, 5.41) is 20.4. The van der Waals surface area contributed by atoms with E-state index >= 15 is 0 Å². The van der Waals surface area contributed by atoms with Crippen LogP contribution in [0.5, 0.6) is 0 Å². The van der Waals surface area contributed by atoms with Gasteiger partial charge in [0, 0.05) is 38.0 Å². The number of rotatable bonds is 3. The maximum atomic E-state index is 11.3. The van der Waals surface area contributed by atoms with Gasteiger partial charge in [0.05, 0.1) is 56.6 Å². The van der Waals surface area contributed by atoms with Crippen LogP contribution < -0.4 is 0 Å². The average Bonchev–Trinajstić information content (AvgIpc) is 3.85. The van der Waals surface area contributed by atoms with Gasteiger partial charge in [-0.3, -0.25) is 0 Å². The van der Waals surface area contributed by atoms with Gasteiger partial charge in [-0.05, 0) is 91.3 Å². The Balaban J connectivity index is 1.26. The standard InChI is InChI=1S/C50H31N5/c1-30-16-21-44-37(26-30)38-27-31(2)17-22-45(38)55(44)50-40(29-51)47(25-20-41(50)52-3)54-46-24-19-33(28-39(46)49-34-11-5-4-10-32(34)18-23-48(49)54)53-42-14-8-6-12-35(42)36-13-7-9-15-43(36)53/h4-28H,1-2H3. The molecule has 0 spiro atoms. The van der Waals surface area contributed by atoms with Crippen LogP contribution in [0.25, 0.3) is 98.1 Å². The molecule has 0 aliphatic heterocycles. The molecule has 0 atom stereocenters. The van der Waals surface area contributed by atoms with Crippen LogP contribution in [0, 0.1) is 31.8 Å². The molecule has 0 aliphatic rings. The fraction of sp³-hybridized carbons (Fsp3) is 0.0400. The van der Waals surface area contributed by atoms with Crippen LogP contribution in [0.3, 0.4) is 0 Å². The van der Waals surface area contributed by atoms with Crippen molar-refractivity contribution in [1.29, 1.82) is 5.26 Å². The zero-order chi connectivity index (χ0) is 36.9. The Hall–Kier alpha value is -7.60. The highest BCUT2D eigenvalue weighted by Gasteiger charge is 2.25. The highest BCUT2D eigenvalue weighted by molar-refractivity contribution is 6.22. The molecule has 11 aromatic rings. The third-order valence-corrected chi connectivity index (χ3v) is 11.4. The summed E-state index contributed by atoms with van der Waals surface area (Å²) in [6, 6.07) is 56.0. The van der Waals surface area contributed by atoms with Crippen molar-refractivity contribution >= 4 is 81.9 Å². The van der Waals surface area contributed by atoms with E-state index in [0.29, 0.717) is 16.9 Å². The summed E-state index contributed by atoms with van der Waals surface area (Å²) in [7, 11) is 0. The molecule has 11 rings (SSSR count). The predicted octanol–water partition coefficient (Wildman–Crippen LogP) is 13.2. The number of hydrogen-bond acceptors (Lipinski definition) is 1. The Labute approximate surface area is 316 Å². The fourth-order valence-corrected chi connectivity index (χ4v) is 9.05. The number of hydrogen-bond donors (Lipinski definition) is 0. The fourth-order valence-electron chi connectivity index (χ4n) is 9.05. The predicted molar refractivity (Wildman–Crippen MR) is 227 cm³/mol. The molecule has 0 aliphatic carbocycles. The molecule has 5 nitrogen and oxygen atoms in total. The molecule has 3 heterocycles. The molecule has 0 radical (unpaired) electrons. The van der Waals surface area contributed by atoms with Crippen molar-refractivity contribution < 1.29 is 0 Å². The number of nitrogens with zero attached hydrogens (tertiary/aromatic N) is 5. The molecule has 0 saturated carbocycles. The summed E-state index contributed by atoms with van der Waals surface area (Å²) in [4.78, 5) is 4.03. The lowest BCUT2D eigenvalue weighted by molar-refractivity contribution is 1.12. The Bertz CT molecular complexity index is 3430. The van der Waals surface area contributed by atoms with Crippen LogP contribution in [0.1, 0.15) is 16.7 Å². The molecule has 0 bridgehead atoms. The quantitative estimate of drug-likeness (QED) is 0.169. The first kappa shape index (κ1) is 31.0. The first-order valence-corrected chi connectivity index (χ1v) is 18.5. The van der Waals surface area contributed by atoms with Crippen molar-refractivity contribution in [2.45, 2.75) is 13.8 Å². The molecular formula is C50H31N5. The van der Waals surface area contributed by atoms with E-state index in [9.17, 15) is 5.26 Å². The molecule has 256 valence electrons. The van der Waals surface area contributed by atoms with Gasteiger partial charge in [0.2, 0.25) is 5.69 Å². The van der Waals surface area contributed by atoms with Gasteiger partial charge in [-0.2, -0.15) is 5.26 Å². The summed E-state index contributed by atoms with van der Waals surface area (Å²) in [5.74, 6) is 0. The van der Waals surface area contributed by atoms with Crippen LogP contribution in [-0.2, 0) is 0 Å². The van der Waals surface area contributed by atoms with Crippen molar-refractivity contribution in [2.75, 3.05) is 0 Å². The Morgan fingerprint density at radius 1 is 0.491 bits per heavy atom. The van der Waals surface area contributed by atoms with Gasteiger partial charge in [0.15, 0.2) is 0 Å². The van der Waals surface area contributed by atoms with Crippen molar-refractivity contribution in [3.8, 4) is 23.1 Å². The maximum absolute atomic E-state index is 11.3. The lowest BCUT2D eigenvalue weighted by Crippen LogP contribution is -2.04. The van der Waals surface area contributed by atoms with E-state index in [2.05, 4.69) is 178 Å². The number of nitriles is 1. The van der Waals surface area contributed by atoms with Crippen LogP contribution in [-0.4, -0.2) is 13.7 Å². The van der Waals surface area contributed by atoms with Crippen LogP contribution in [0.15, 0.2) is 152 Å². The van der Waals surface area contributed by atoms with Gasteiger partial charge in [0.25, 0.3) is 0 Å². The molecule has 3 aromatic heterocycles. The third kappa shape index (κ3) is 4.27. The van der Waals surface area contributed by atoms with Gasteiger partial charge < -0.3 is 13.7 Å². The van der Waals surface area contributed by atoms with E-state index in [-0.39, 0.29) is 0 Å². The monoisotopic (exact) mass is 701 g/mol. The topological polar surface area (TPSA) is 42.9 Å². The van der Waals surface area contributed by atoms with Gasteiger partial charge in [0.1, 0.15) is 6.07 Å². The smallest absolute Gasteiger partial charge is 0.212 e. The minimum Gasteiger partial charge on any atom is -0.318 e. The van der Waals surface area contributed by atoms with E-state index in [1.54, 1.807) is 0 Å². The number of para-hydroxylation sites is 2. The summed E-state index contributed by atoms with van der Waals surface area (Å²) in [6.07, 6.45) is 0. The average molecular weight is 702 g/mol. The number of fused-ring (bicyclic) bond motifs is 11. The summed E-state index contributed by atoms with van der Waals surface area (Å²) < 4.78 is 6.71. The molecule has 5 heteroatoms. The Kier molecular flexibility index (Phi) is 6.45. The van der Waals surface area contributed by atoms with E-state index in [1.807, 2.05) is 12.1 Å². The first-order chi connectivity index (χ1) is 27.0. The summed E-state index contributed by atoms with van der Waals surface area (Å²) in [6.45, 7) is 12.5. The molecule has 8 aromatic carbocycles. The van der Waals surface area contributed by atoms with Gasteiger partial charge in [-0.25, -0.2) is 4.85 Å². The first-order valence-electron chi connectivity index (χ1n) is 18.5. The lowest BCUT2D eigenvalue weighted by Gasteiger charge is -2.17. The number of aromatic nitrogens is 3. The zero-order valence-corrected chi connectivity index (χ0v) is 30.2. The third-order valence-electron chi connectivity index (χ3n) is 11.4. The lowest BCUT2D eigenvalue weighted by atomic mass is 10.0. The minimum atomic E-state index is 0.431. The second kappa shape index (κ2) is 11.4. The van der Waals surface area contributed by atoms with E-state index in [4.69, 9.17) is 6.57 Å². The molecule has 55 heavy (non-hydrogen) atoms. The van der Waals surface area contributed by atoms with Crippen molar-refractivity contribution in [1.82, 2.24) is 13.7 Å². The van der Waals surface area contributed by atoms with E-state index < -0.39 is 0 Å². The number of aryl methyl sites for hydroxylation is 2. The Morgan fingerprint density at radius 3 is 1.71 bits per heavy atom.